The Labute approximate surface area is 142 Å². The molecule has 0 bridgehead atoms. The number of piperazine rings is 1. The standard InChI is InChI=1S/C14H22BrN3.2ClH/c1-14(2,3)13(18-9-7-16-8-10-18)11-5-4-6-12(15)17-11;;/h4-6,13,16H,7-10H2,1-3H3;2*1H/t13-;;/m0../s1. The van der Waals surface area contributed by atoms with Crippen LogP contribution in [0.15, 0.2) is 22.8 Å². The second-order valence-electron chi connectivity index (χ2n) is 5.94. The van der Waals surface area contributed by atoms with Crippen LogP contribution in [0.2, 0.25) is 0 Å². The van der Waals surface area contributed by atoms with Gasteiger partial charge in [-0.05, 0) is 33.5 Å². The predicted molar refractivity (Wildman–Crippen MR) is 93.1 cm³/mol. The fourth-order valence-corrected chi connectivity index (χ4v) is 3.05. The van der Waals surface area contributed by atoms with Crippen LogP contribution in [0.3, 0.4) is 0 Å². The Kier molecular flexibility index (Phi) is 8.60. The van der Waals surface area contributed by atoms with E-state index in [0.717, 1.165) is 30.8 Å². The minimum Gasteiger partial charge on any atom is -0.314 e. The molecular formula is C14H24BrCl2N3. The van der Waals surface area contributed by atoms with E-state index in [1.54, 1.807) is 0 Å². The van der Waals surface area contributed by atoms with Crippen LogP contribution in [0.25, 0.3) is 0 Å². The zero-order valence-electron chi connectivity index (χ0n) is 12.2. The Morgan fingerprint density at radius 3 is 2.30 bits per heavy atom. The number of pyridine rings is 1. The zero-order valence-corrected chi connectivity index (χ0v) is 15.4. The van der Waals surface area contributed by atoms with Crippen molar-refractivity contribution in [1.82, 2.24) is 15.2 Å². The number of nitrogens with one attached hydrogen (secondary N) is 1. The fourth-order valence-electron chi connectivity index (χ4n) is 2.70. The molecule has 20 heavy (non-hydrogen) atoms. The van der Waals surface area contributed by atoms with Gasteiger partial charge in [0.05, 0.1) is 11.7 Å². The zero-order chi connectivity index (χ0) is 13.2. The van der Waals surface area contributed by atoms with Crippen LogP contribution in [-0.4, -0.2) is 36.1 Å². The molecule has 0 unspecified atom stereocenters. The van der Waals surface area contributed by atoms with Gasteiger partial charge in [-0.25, -0.2) is 4.98 Å². The molecule has 0 amide bonds. The number of nitrogens with zero attached hydrogens (tertiary/aromatic N) is 2. The number of halogens is 3. The second kappa shape index (κ2) is 8.54. The van der Waals surface area contributed by atoms with Gasteiger partial charge in [0.15, 0.2) is 0 Å². The molecule has 1 aromatic rings. The first-order valence-electron chi connectivity index (χ1n) is 6.56. The summed E-state index contributed by atoms with van der Waals surface area (Å²) in [6, 6.07) is 6.58. The fraction of sp³-hybridized carbons (Fsp3) is 0.643. The maximum Gasteiger partial charge on any atom is 0.106 e. The summed E-state index contributed by atoms with van der Waals surface area (Å²) in [7, 11) is 0. The number of aromatic nitrogens is 1. The highest BCUT2D eigenvalue weighted by molar-refractivity contribution is 9.10. The molecule has 1 aromatic heterocycles. The average Bonchev–Trinajstić information content (AvgIpc) is 2.28. The van der Waals surface area contributed by atoms with E-state index >= 15 is 0 Å². The summed E-state index contributed by atoms with van der Waals surface area (Å²) in [6.45, 7) is 11.2. The SMILES string of the molecule is CC(C)(C)[C@H](c1cccc(Br)n1)N1CCNCC1.Cl.Cl. The van der Waals surface area contributed by atoms with E-state index in [9.17, 15) is 0 Å². The van der Waals surface area contributed by atoms with Gasteiger partial charge in [-0.1, -0.05) is 26.8 Å². The number of hydrogen-bond donors (Lipinski definition) is 1. The van der Waals surface area contributed by atoms with Crippen molar-refractivity contribution in [3.63, 3.8) is 0 Å². The van der Waals surface area contributed by atoms with Crippen LogP contribution >= 0.6 is 40.7 Å². The van der Waals surface area contributed by atoms with Crippen LogP contribution in [0.5, 0.6) is 0 Å². The van der Waals surface area contributed by atoms with Crippen molar-refractivity contribution in [2.45, 2.75) is 26.8 Å². The van der Waals surface area contributed by atoms with E-state index in [1.165, 1.54) is 5.69 Å². The van der Waals surface area contributed by atoms with Crippen LogP contribution in [0.4, 0.5) is 0 Å². The Morgan fingerprint density at radius 1 is 1.20 bits per heavy atom. The molecule has 0 aliphatic carbocycles. The van der Waals surface area contributed by atoms with Crippen molar-refractivity contribution < 1.29 is 0 Å². The minimum absolute atomic E-state index is 0. The van der Waals surface area contributed by atoms with Crippen molar-refractivity contribution in [2.75, 3.05) is 26.2 Å². The predicted octanol–water partition coefficient (Wildman–Crippen LogP) is 3.68. The van der Waals surface area contributed by atoms with Crippen molar-refractivity contribution in [3.05, 3.63) is 28.5 Å². The molecule has 1 N–H and O–H groups in total. The van der Waals surface area contributed by atoms with Crippen LogP contribution in [-0.2, 0) is 0 Å². The van der Waals surface area contributed by atoms with Crippen LogP contribution in [0.1, 0.15) is 32.5 Å². The average molecular weight is 385 g/mol. The van der Waals surface area contributed by atoms with Crippen LogP contribution in [0, 0.1) is 5.41 Å². The maximum atomic E-state index is 4.67. The summed E-state index contributed by atoms with van der Waals surface area (Å²) >= 11 is 3.48. The summed E-state index contributed by atoms with van der Waals surface area (Å²) in [6.07, 6.45) is 0. The number of hydrogen-bond acceptors (Lipinski definition) is 3. The maximum absolute atomic E-state index is 4.67. The normalized spacial score (nSPS) is 17.8. The monoisotopic (exact) mass is 383 g/mol. The molecule has 3 nitrogen and oxygen atoms in total. The van der Waals surface area contributed by atoms with E-state index < -0.39 is 0 Å². The molecule has 6 heteroatoms. The lowest BCUT2D eigenvalue weighted by molar-refractivity contribution is 0.0830. The van der Waals surface area contributed by atoms with Gasteiger partial charge in [0.25, 0.3) is 0 Å². The Balaban J connectivity index is 0.00000180. The smallest absolute Gasteiger partial charge is 0.106 e. The van der Waals surface area contributed by atoms with Crippen LogP contribution < -0.4 is 5.32 Å². The molecule has 116 valence electrons. The van der Waals surface area contributed by atoms with Gasteiger partial charge in [-0.15, -0.1) is 24.8 Å². The van der Waals surface area contributed by atoms with Crippen molar-refractivity contribution in [2.24, 2.45) is 5.41 Å². The topological polar surface area (TPSA) is 28.2 Å². The number of rotatable bonds is 2. The molecule has 2 heterocycles. The largest absolute Gasteiger partial charge is 0.314 e. The van der Waals surface area contributed by atoms with Crippen molar-refractivity contribution >= 4 is 40.7 Å². The van der Waals surface area contributed by atoms with Gasteiger partial charge >= 0.3 is 0 Å². The van der Waals surface area contributed by atoms with E-state index in [1.807, 2.05) is 6.07 Å². The Morgan fingerprint density at radius 2 is 1.80 bits per heavy atom. The highest BCUT2D eigenvalue weighted by Crippen LogP contribution is 2.37. The molecule has 2 rings (SSSR count). The van der Waals surface area contributed by atoms with Crippen molar-refractivity contribution in [3.8, 4) is 0 Å². The Hall–Kier alpha value is 0.130. The molecular weight excluding hydrogens is 361 g/mol. The van der Waals surface area contributed by atoms with Gasteiger partial charge in [0, 0.05) is 26.2 Å². The lowest BCUT2D eigenvalue weighted by Crippen LogP contribution is -2.48. The molecule has 1 aliphatic heterocycles. The molecule has 1 fully saturated rings. The van der Waals surface area contributed by atoms with Crippen molar-refractivity contribution in [1.29, 1.82) is 0 Å². The third-order valence-electron chi connectivity index (χ3n) is 3.35. The molecule has 0 aromatic carbocycles. The lowest BCUT2D eigenvalue weighted by atomic mass is 9.83. The summed E-state index contributed by atoms with van der Waals surface area (Å²) in [4.78, 5) is 7.22. The van der Waals surface area contributed by atoms with Gasteiger partial charge in [0.1, 0.15) is 4.60 Å². The van der Waals surface area contributed by atoms with E-state index in [0.29, 0.717) is 6.04 Å². The highest BCUT2D eigenvalue weighted by Gasteiger charge is 2.33. The first kappa shape index (κ1) is 20.1. The van der Waals surface area contributed by atoms with Gasteiger partial charge < -0.3 is 5.32 Å². The quantitative estimate of drug-likeness (QED) is 0.788. The van der Waals surface area contributed by atoms with E-state index in [-0.39, 0.29) is 30.2 Å². The second-order valence-corrected chi connectivity index (χ2v) is 6.75. The molecule has 0 spiro atoms. The third kappa shape index (κ3) is 5.15. The Bertz CT molecular complexity index is 404. The van der Waals surface area contributed by atoms with E-state index in [4.69, 9.17) is 0 Å². The highest BCUT2D eigenvalue weighted by atomic mass is 79.9. The van der Waals surface area contributed by atoms with Gasteiger partial charge in [-0.3, -0.25) is 4.90 Å². The molecule has 1 atom stereocenters. The molecule has 0 radical (unpaired) electrons. The lowest BCUT2D eigenvalue weighted by Gasteiger charge is -2.42. The summed E-state index contributed by atoms with van der Waals surface area (Å²) in [5, 5.41) is 3.41. The molecule has 1 aliphatic rings. The third-order valence-corrected chi connectivity index (χ3v) is 3.80. The summed E-state index contributed by atoms with van der Waals surface area (Å²) < 4.78 is 0.921. The minimum atomic E-state index is 0. The summed E-state index contributed by atoms with van der Waals surface area (Å²) in [5.41, 5.74) is 1.35. The molecule has 1 saturated heterocycles. The first-order valence-corrected chi connectivity index (χ1v) is 7.35. The van der Waals surface area contributed by atoms with Gasteiger partial charge in [0.2, 0.25) is 0 Å². The first-order chi connectivity index (χ1) is 8.48. The molecule has 0 saturated carbocycles. The van der Waals surface area contributed by atoms with Gasteiger partial charge in [-0.2, -0.15) is 0 Å². The van der Waals surface area contributed by atoms with E-state index in [2.05, 4.69) is 64.0 Å². The summed E-state index contributed by atoms with van der Waals surface area (Å²) in [5.74, 6) is 0.